The number of azo groups is 3. The number of fused-ring (bicyclic) bond motifs is 3. The first-order valence-corrected chi connectivity index (χ1v) is 24.4. The van der Waals surface area contributed by atoms with Crippen molar-refractivity contribution in [3.05, 3.63) is 140 Å². The lowest BCUT2D eigenvalue weighted by molar-refractivity contribution is 0.472. The van der Waals surface area contributed by atoms with E-state index < -0.39 is 77.2 Å². The second-order valence-corrected chi connectivity index (χ2v) is 19.7. The van der Waals surface area contributed by atoms with Gasteiger partial charge in [0.05, 0.1) is 32.5 Å². The van der Waals surface area contributed by atoms with Crippen molar-refractivity contribution in [1.82, 2.24) is 0 Å². The first kappa shape index (κ1) is 45.2. The van der Waals surface area contributed by atoms with Gasteiger partial charge >= 0.3 is 0 Å². The minimum absolute atomic E-state index is 0.0294. The number of para-hydroxylation sites is 1. The first-order valence-electron chi connectivity index (χ1n) is 18.6. The third-order valence-corrected chi connectivity index (χ3v) is 13.3. The Morgan fingerprint density at radius 2 is 0.833 bits per heavy atom. The Balaban J connectivity index is 1.17. The van der Waals surface area contributed by atoms with Crippen LogP contribution in [0.1, 0.15) is 0 Å². The zero-order valence-corrected chi connectivity index (χ0v) is 36.4. The van der Waals surface area contributed by atoms with Gasteiger partial charge in [-0.2, -0.15) is 33.7 Å². The van der Waals surface area contributed by atoms with Gasteiger partial charge in [0, 0.05) is 38.3 Å². The van der Waals surface area contributed by atoms with E-state index in [1.54, 1.807) is 42.5 Å². The SMILES string of the molecule is O=S(=O)(O)c1ccc(S(=O)(=O)O)c(N=Nc2ccc(N=Nc3ccc(N=Nc4c(S(=O)(=O)O)cc5cc(Nc6ccccc6)ccc5c4O)c4ccccc34)c3cc(S(=O)(=O)O)ccc23)c1. The second kappa shape index (κ2) is 17.2. The molecule has 6 N–H and O–H groups in total. The normalized spacial score (nSPS) is 12.9. The van der Waals surface area contributed by atoms with E-state index in [0.29, 0.717) is 28.6 Å². The monoisotopic (exact) mass is 967 g/mol. The summed E-state index contributed by atoms with van der Waals surface area (Å²) in [5, 5.41) is 40.9. The summed E-state index contributed by atoms with van der Waals surface area (Å²) in [6.45, 7) is 0. The molecule has 0 fully saturated rings. The van der Waals surface area contributed by atoms with E-state index >= 15 is 0 Å². The van der Waals surface area contributed by atoms with Crippen LogP contribution in [0, 0.1) is 0 Å². The van der Waals surface area contributed by atoms with Gasteiger partial charge in [-0.05, 0) is 96.4 Å². The maximum absolute atomic E-state index is 12.6. The van der Waals surface area contributed by atoms with Crippen LogP contribution < -0.4 is 5.32 Å². The van der Waals surface area contributed by atoms with Crippen LogP contribution in [0.4, 0.5) is 45.5 Å². The van der Waals surface area contributed by atoms with Gasteiger partial charge in [0.1, 0.15) is 21.2 Å². The molecular weight excluding hydrogens is 939 g/mol. The summed E-state index contributed by atoms with van der Waals surface area (Å²) >= 11 is 0. The van der Waals surface area contributed by atoms with Crippen LogP contribution in [0.25, 0.3) is 32.3 Å². The summed E-state index contributed by atoms with van der Waals surface area (Å²) < 4.78 is 136. The summed E-state index contributed by atoms with van der Waals surface area (Å²) in [6, 6.07) is 32.9. The Morgan fingerprint density at radius 3 is 1.39 bits per heavy atom. The van der Waals surface area contributed by atoms with Gasteiger partial charge in [-0.1, -0.05) is 48.5 Å². The van der Waals surface area contributed by atoms with Crippen LogP contribution in [0.5, 0.6) is 5.75 Å². The Morgan fingerprint density at radius 1 is 0.364 bits per heavy atom. The van der Waals surface area contributed by atoms with Crippen molar-refractivity contribution >= 4 is 118 Å². The van der Waals surface area contributed by atoms with Gasteiger partial charge in [0.2, 0.25) is 0 Å². The van der Waals surface area contributed by atoms with Crippen molar-refractivity contribution < 1.29 is 57.0 Å². The molecule has 0 aromatic heterocycles. The average molecular weight is 968 g/mol. The zero-order valence-electron chi connectivity index (χ0n) is 33.1. The number of phenolic OH excluding ortho intramolecular Hbond substituents is 1. The van der Waals surface area contributed by atoms with Crippen molar-refractivity contribution in [2.75, 3.05) is 5.32 Å². The fraction of sp³-hybridized carbons (Fsp3) is 0. The highest BCUT2D eigenvalue weighted by atomic mass is 32.2. The van der Waals surface area contributed by atoms with E-state index in [1.807, 2.05) is 30.3 Å². The molecule has 66 heavy (non-hydrogen) atoms. The summed E-state index contributed by atoms with van der Waals surface area (Å²) in [4.78, 5) is -2.85. The number of anilines is 2. The zero-order chi connectivity index (χ0) is 47.2. The molecule has 8 aromatic rings. The molecule has 0 heterocycles. The van der Waals surface area contributed by atoms with Crippen LogP contribution >= 0.6 is 0 Å². The lowest BCUT2D eigenvalue weighted by atomic mass is 10.1. The minimum Gasteiger partial charge on any atom is -0.505 e. The van der Waals surface area contributed by atoms with E-state index in [9.17, 15) is 57.0 Å². The van der Waals surface area contributed by atoms with Crippen LogP contribution in [0.15, 0.2) is 190 Å². The number of nitrogens with zero attached hydrogens (tertiary/aromatic N) is 6. The summed E-state index contributed by atoms with van der Waals surface area (Å²) in [6.07, 6.45) is 0. The minimum atomic E-state index is -4.97. The average Bonchev–Trinajstić information content (AvgIpc) is 3.26. The Labute approximate surface area is 374 Å². The van der Waals surface area contributed by atoms with Gasteiger partial charge in [0.15, 0.2) is 5.75 Å². The molecule has 0 unspecified atom stereocenters. The predicted octanol–water partition coefficient (Wildman–Crippen LogP) is 10.8. The van der Waals surface area contributed by atoms with E-state index in [-0.39, 0.29) is 44.3 Å². The van der Waals surface area contributed by atoms with Crippen molar-refractivity contribution in [2.45, 2.75) is 19.6 Å². The van der Waals surface area contributed by atoms with Gasteiger partial charge in [0.25, 0.3) is 40.5 Å². The maximum Gasteiger partial charge on any atom is 0.296 e. The Hall–Kier alpha value is -7.42. The van der Waals surface area contributed by atoms with Crippen molar-refractivity contribution in [1.29, 1.82) is 0 Å². The van der Waals surface area contributed by atoms with Crippen molar-refractivity contribution in [3.63, 3.8) is 0 Å². The molecular formula is C42H29N7O13S4. The standard InChI is InChI=1S/C42H29N7O13S4/c50-42-29-13-10-26(43-25-6-2-1-3-7-25)20-24(29)21-40(66(60,61)62)41(42)49-47-35-16-15-34(30-8-4-5-9-31(30)35)44-46-37-18-17-36(32-14-11-27(22-33(32)37)63(51,52)53)45-48-38-23-28(64(54,55)56)12-19-39(38)65(57,58)59/h1-23,43,50H,(H,51,52,53)(H,54,55,56)(H,57,58,59)(H,60,61,62). The van der Waals surface area contributed by atoms with Gasteiger partial charge in [-0.25, -0.2) is 0 Å². The molecule has 0 radical (unpaired) electrons. The highest BCUT2D eigenvalue weighted by Crippen LogP contribution is 2.44. The molecule has 0 aliphatic heterocycles. The molecule has 8 aromatic carbocycles. The third kappa shape index (κ3) is 9.51. The van der Waals surface area contributed by atoms with Crippen molar-refractivity contribution in [3.8, 4) is 5.75 Å². The number of nitrogens with one attached hydrogen (secondary N) is 1. The molecule has 20 nitrogen and oxygen atoms in total. The van der Waals surface area contributed by atoms with E-state index in [0.717, 1.165) is 23.9 Å². The molecule has 0 aliphatic carbocycles. The molecule has 24 heteroatoms. The smallest absolute Gasteiger partial charge is 0.296 e. The third-order valence-electron chi connectivity index (χ3n) is 9.80. The van der Waals surface area contributed by atoms with Gasteiger partial charge < -0.3 is 10.4 Å². The van der Waals surface area contributed by atoms with Crippen LogP contribution in [-0.2, 0) is 40.5 Å². The molecule has 0 atom stereocenters. The molecule has 0 amide bonds. The highest BCUT2D eigenvalue weighted by molar-refractivity contribution is 7.86. The molecule has 0 saturated carbocycles. The summed E-state index contributed by atoms with van der Waals surface area (Å²) in [5.41, 5.74) is 0.547. The van der Waals surface area contributed by atoms with E-state index in [4.69, 9.17) is 0 Å². The van der Waals surface area contributed by atoms with Gasteiger partial charge in [-0.15, -0.1) is 30.7 Å². The second-order valence-electron chi connectivity index (χ2n) is 14.1. The number of aromatic hydroxyl groups is 1. The fourth-order valence-electron chi connectivity index (χ4n) is 6.76. The van der Waals surface area contributed by atoms with Crippen LogP contribution in [0.2, 0.25) is 0 Å². The van der Waals surface area contributed by atoms with Crippen molar-refractivity contribution in [2.24, 2.45) is 30.7 Å². The van der Waals surface area contributed by atoms with Gasteiger partial charge in [-0.3, -0.25) is 18.2 Å². The highest BCUT2D eigenvalue weighted by Gasteiger charge is 2.23. The quantitative estimate of drug-likeness (QED) is 0.0490. The predicted molar refractivity (Wildman–Crippen MR) is 241 cm³/mol. The molecule has 0 aliphatic rings. The van der Waals surface area contributed by atoms with Crippen LogP contribution in [0.3, 0.4) is 0 Å². The number of benzene rings is 8. The molecule has 334 valence electrons. The van der Waals surface area contributed by atoms with E-state index in [2.05, 4.69) is 36.0 Å². The number of hydrogen-bond donors (Lipinski definition) is 6. The summed E-state index contributed by atoms with van der Waals surface area (Å²) in [7, 11) is -19.5. The number of hydrogen-bond acceptors (Lipinski definition) is 16. The molecule has 0 bridgehead atoms. The largest absolute Gasteiger partial charge is 0.505 e. The lowest BCUT2D eigenvalue weighted by Gasteiger charge is -2.12. The summed E-state index contributed by atoms with van der Waals surface area (Å²) in [5.74, 6) is -0.559. The molecule has 0 saturated heterocycles. The fourth-order valence-corrected chi connectivity index (χ4v) is 9.03. The Kier molecular flexibility index (Phi) is 11.8. The van der Waals surface area contributed by atoms with Crippen LogP contribution in [-0.4, -0.2) is 57.0 Å². The molecule has 0 spiro atoms. The molecule has 8 rings (SSSR count). The Bertz CT molecular complexity index is 3870. The topological polar surface area (TPSA) is 324 Å². The lowest BCUT2D eigenvalue weighted by Crippen LogP contribution is -2.02. The first-order chi connectivity index (χ1) is 31.1. The number of phenols is 1. The number of rotatable bonds is 12. The maximum atomic E-state index is 12.6. The van der Waals surface area contributed by atoms with E-state index in [1.165, 1.54) is 36.4 Å².